The van der Waals surface area contributed by atoms with Crippen molar-refractivity contribution in [2.75, 3.05) is 0 Å². The number of nitro groups is 2. The molecule has 0 fully saturated rings. The lowest BCUT2D eigenvalue weighted by atomic mass is 10.2. The van der Waals surface area contributed by atoms with Gasteiger partial charge in [0.15, 0.2) is 0 Å². The first-order chi connectivity index (χ1) is 9.97. The van der Waals surface area contributed by atoms with Crippen LogP contribution in [0.15, 0.2) is 47.5 Å². The van der Waals surface area contributed by atoms with E-state index >= 15 is 0 Å². The molecule has 0 amide bonds. The van der Waals surface area contributed by atoms with Crippen molar-refractivity contribution in [2.45, 2.75) is 6.92 Å². The second-order valence-electron chi connectivity index (χ2n) is 4.34. The number of nitro benzene ring substituents is 2. The van der Waals surface area contributed by atoms with Gasteiger partial charge in [-0.1, -0.05) is 18.2 Å². The fraction of sp³-hybridized carbons (Fsp3) is 0.0714. The van der Waals surface area contributed by atoms with Crippen LogP contribution in [0.1, 0.15) is 11.1 Å². The molecule has 0 aliphatic heterocycles. The van der Waals surface area contributed by atoms with E-state index in [9.17, 15) is 20.2 Å². The third-order valence-corrected chi connectivity index (χ3v) is 2.84. The van der Waals surface area contributed by atoms with E-state index in [0.29, 0.717) is 11.3 Å². The Morgan fingerprint density at radius 3 is 2.33 bits per heavy atom. The largest absolute Gasteiger partial charge is 0.271 e. The molecule has 7 heteroatoms. The highest BCUT2D eigenvalue weighted by Gasteiger charge is 2.08. The highest BCUT2D eigenvalue weighted by atomic mass is 16.6. The Morgan fingerprint density at radius 2 is 1.67 bits per heavy atom. The van der Waals surface area contributed by atoms with Crippen LogP contribution >= 0.6 is 0 Å². The molecule has 0 saturated carbocycles. The van der Waals surface area contributed by atoms with Gasteiger partial charge in [0.1, 0.15) is 0 Å². The zero-order valence-corrected chi connectivity index (χ0v) is 11.1. The Bertz CT molecular complexity index is 741. The number of hydrogen-bond donors (Lipinski definition) is 0. The number of aryl methyl sites for hydroxylation is 1. The SMILES string of the molecule is Cc1ccc([N+](=O)[O-])cc1N=Cc1cccc([N+](=O)[O-])c1. The average molecular weight is 285 g/mol. The molecule has 7 nitrogen and oxygen atoms in total. The topological polar surface area (TPSA) is 98.6 Å². The van der Waals surface area contributed by atoms with E-state index in [4.69, 9.17) is 0 Å². The molecule has 0 bridgehead atoms. The van der Waals surface area contributed by atoms with Crippen molar-refractivity contribution in [3.05, 3.63) is 73.8 Å². The minimum atomic E-state index is -0.494. The minimum absolute atomic E-state index is 0.0327. The molecule has 0 atom stereocenters. The molecule has 0 radical (unpaired) electrons. The lowest BCUT2D eigenvalue weighted by Crippen LogP contribution is -1.90. The van der Waals surface area contributed by atoms with Crippen LogP contribution in [0.3, 0.4) is 0 Å². The standard InChI is InChI=1S/C14H11N3O4/c1-10-5-6-13(17(20)21)8-14(10)15-9-11-3-2-4-12(7-11)16(18)19/h2-9H,1H3. The second kappa shape index (κ2) is 5.91. The molecule has 2 aromatic rings. The van der Waals surface area contributed by atoms with Gasteiger partial charge in [-0.2, -0.15) is 0 Å². The van der Waals surface area contributed by atoms with Crippen molar-refractivity contribution in [2.24, 2.45) is 4.99 Å². The first-order valence-electron chi connectivity index (χ1n) is 6.01. The normalized spacial score (nSPS) is 10.7. The van der Waals surface area contributed by atoms with Gasteiger partial charge in [-0.05, 0) is 18.1 Å². The van der Waals surface area contributed by atoms with E-state index in [0.717, 1.165) is 5.56 Å². The van der Waals surface area contributed by atoms with Crippen LogP contribution in [0.2, 0.25) is 0 Å². The maximum Gasteiger partial charge on any atom is 0.271 e. The lowest BCUT2D eigenvalue weighted by molar-refractivity contribution is -0.385. The maximum absolute atomic E-state index is 10.7. The fourth-order valence-electron chi connectivity index (χ4n) is 1.71. The van der Waals surface area contributed by atoms with Gasteiger partial charge in [-0.3, -0.25) is 25.2 Å². The summed E-state index contributed by atoms with van der Waals surface area (Å²) in [7, 11) is 0. The molecular weight excluding hydrogens is 274 g/mol. The Balaban J connectivity index is 2.33. The Kier molecular flexibility index (Phi) is 4.03. The summed E-state index contributed by atoms with van der Waals surface area (Å²) in [4.78, 5) is 24.6. The molecule has 0 saturated heterocycles. The number of hydrogen-bond acceptors (Lipinski definition) is 5. The van der Waals surface area contributed by atoms with E-state index in [2.05, 4.69) is 4.99 Å². The van der Waals surface area contributed by atoms with Gasteiger partial charge in [-0.15, -0.1) is 0 Å². The van der Waals surface area contributed by atoms with E-state index in [1.165, 1.54) is 30.5 Å². The summed E-state index contributed by atoms with van der Waals surface area (Å²) >= 11 is 0. The summed E-state index contributed by atoms with van der Waals surface area (Å²) in [5.74, 6) is 0. The van der Waals surface area contributed by atoms with Crippen LogP contribution in [0.25, 0.3) is 0 Å². The Hall–Kier alpha value is -3.09. The van der Waals surface area contributed by atoms with Gasteiger partial charge in [0.05, 0.1) is 15.5 Å². The lowest BCUT2D eigenvalue weighted by Gasteiger charge is -2.00. The Labute approximate surface area is 119 Å². The van der Waals surface area contributed by atoms with E-state index in [1.807, 2.05) is 0 Å². The number of nitrogens with zero attached hydrogens (tertiary/aromatic N) is 3. The van der Waals surface area contributed by atoms with Crippen molar-refractivity contribution in [1.82, 2.24) is 0 Å². The average Bonchev–Trinajstić information content (AvgIpc) is 2.46. The summed E-state index contributed by atoms with van der Waals surface area (Å²) in [5, 5.41) is 21.4. The summed E-state index contributed by atoms with van der Waals surface area (Å²) in [6.45, 7) is 1.78. The third-order valence-electron chi connectivity index (χ3n) is 2.84. The summed E-state index contributed by atoms with van der Waals surface area (Å²) < 4.78 is 0. The zero-order valence-electron chi connectivity index (χ0n) is 11.1. The van der Waals surface area contributed by atoms with Crippen molar-refractivity contribution >= 4 is 23.3 Å². The molecule has 0 unspecified atom stereocenters. The minimum Gasteiger partial charge on any atom is -0.258 e. The summed E-state index contributed by atoms with van der Waals surface area (Å²) in [6, 6.07) is 10.4. The first kappa shape index (κ1) is 14.3. The predicted octanol–water partition coefficient (Wildman–Crippen LogP) is 3.56. The molecule has 0 aromatic heterocycles. The molecule has 21 heavy (non-hydrogen) atoms. The molecule has 0 N–H and O–H groups in total. The third kappa shape index (κ3) is 3.47. The summed E-state index contributed by atoms with van der Waals surface area (Å²) in [6.07, 6.45) is 1.44. The van der Waals surface area contributed by atoms with E-state index in [-0.39, 0.29) is 11.4 Å². The predicted molar refractivity (Wildman–Crippen MR) is 78.2 cm³/mol. The van der Waals surface area contributed by atoms with Crippen molar-refractivity contribution in [3.63, 3.8) is 0 Å². The molecule has 106 valence electrons. The second-order valence-corrected chi connectivity index (χ2v) is 4.34. The fourth-order valence-corrected chi connectivity index (χ4v) is 1.71. The van der Waals surface area contributed by atoms with Crippen molar-refractivity contribution < 1.29 is 9.85 Å². The highest BCUT2D eigenvalue weighted by Crippen LogP contribution is 2.24. The van der Waals surface area contributed by atoms with Crippen LogP contribution in [-0.4, -0.2) is 16.1 Å². The zero-order chi connectivity index (χ0) is 15.4. The molecule has 0 aliphatic rings. The van der Waals surface area contributed by atoms with Crippen LogP contribution in [0.5, 0.6) is 0 Å². The first-order valence-corrected chi connectivity index (χ1v) is 6.01. The Morgan fingerprint density at radius 1 is 1.00 bits per heavy atom. The highest BCUT2D eigenvalue weighted by molar-refractivity contribution is 5.83. The monoisotopic (exact) mass is 285 g/mol. The number of aliphatic imine (C=N–C) groups is 1. The van der Waals surface area contributed by atoms with E-state index < -0.39 is 9.85 Å². The molecule has 0 aliphatic carbocycles. The van der Waals surface area contributed by atoms with Gasteiger partial charge >= 0.3 is 0 Å². The van der Waals surface area contributed by atoms with Crippen LogP contribution < -0.4 is 0 Å². The number of rotatable bonds is 4. The van der Waals surface area contributed by atoms with Crippen molar-refractivity contribution in [3.8, 4) is 0 Å². The molecule has 0 heterocycles. The number of non-ortho nitro benzene ring substituents is 2. The van der Waals surface area contributed by atoms with Gasteiger partial charge in [0.2, 0.25) is 0 Å². The van der Waals surface area contributed by atoms with Crippen LogP contribution in [0, 0.1) is 27.2 Å². The molecule has 2 aromatic carbocycles. The quantitative estimate of drug-likeness (QED) is 0.487. The van der Waals surface area contributed by atoms with Crippen molar-refractivity contribution in [1.29, 1.82) is 0 Å². The maximum atomic E-state index is 10.7. The molecule has 0 spiro atoms. The van der Waals surface area contributed by atoms with Gasteiger partial charge < -0.3 is 0 Å². The number of benzene rings is 2. The molecule has 2 rings (SSSR count). The van der Waals surface area contributed by atoms with Gasteiger partial charge in [0, 0.05) is 30.5 Å². The van der Waals surface area contributed by atoms with E-state index in [1.54, 1.807) is 25.1 Å². The van der Waals surface area contributed by atoms with Crippen LogP contribution in [-0.2, 0) is 0 Å². The molecular formula is C14H11N3O4. The smallest absolute Gasteiger partial charge is 0.258 e. The van der Waals surface area contributed by atoms with Crippen LogP contribution in [0.4, 0.5) is 17.1 Å². The van der Waals surface area contributed by atoms with Gasteiger partial charge in [0.25, 0.3) is 11.4 Å². The summed E-state index contributed by atoms with van der Waals surface area (Å²) in [5.41, 5.74) is 1.70. The van der Waals surface area contributed by atoms with Gasteiger partial charge in [-0.25, -0.2) is 0 Å².